The second-order valence-corrected chi connectivity index (χ2v) is 10.7. The first kappa shape index (κ1) is 23.8. The van der Waals surface area contributed by atoms with Gasteiger partial charge in [-0.05, 0) is 26.3 Å². The highest BCUT2D eigenvalue weighted by Crippen LogP contribution is 2.41. The Bertz CT molecular complexity index is 1050. The van der Waals surface area contributed by atoms with Crippen molar-refractivity contribution in [2.75, 3.05) is 20.1 Å². The molecule has 2 unspecified atom stereocenters. The number of nitrogens with zero attached hydrogens (tertiary/aromatic N) is 3. The average molecular weight is 476 g/mol. The summed E-state index contributed by atoms with van der Waals surface area (Å²) >= 11 is 0. The van der Waals surface area contributed by atoms with Crippen molar-refractivity contribution < 1.29 is 35.9 Å². The number of nitrogens with one attached hydrogen (secondary N) is 1. The lowest BCUT2D eigenvalue weighted by Gasteiger charge is -2.44. The lowest BCUT2D eigenvalue weighted by molar-refractivity contribution is -0.184. The van der Waals surface area contributed by atoms with Crippen LogP contribution in [0, 0.1) is 0 Å². The molecule has 0 saturated carbocycles. The monoisotopic (exact) mass is 476 g/mol. The van der Waals surface area contributed by atoms with Crippen LogP contribution in [0.3, 0.4) is 0 Å². The summed E-state index contributed by atoms with van der Waals surface area (Å²) in [5.74, 6) is -2.56. The molecule has 0 bridgehead atoms. The Labute approximate surface area is 183 Å². The highest BCUT2D eigenvalue weighted by Gasteiger charge is 2.62. The quantitative estimate of drug-likeness (QED) is 0.663. The molecule has 2 amide bonds. The maximum Gasteiger partial charge on any atom is 0.471 e. The summed E-state index contributed by atoms with van der Waals surface area (Å²) in [4.78, 5) is 28.4. The van der Waals surface area contributed by atoms with Crippen molar-refractivity contribution in [3.05, 3.63) is 35.9 Å². The van der Waals surface area contributed by atoms with E-state index < -0.39 is 63.6 Å². The zero-order chi connectivity index (χ0) is 24.1. The number of hydrogen-bond donors (Lipinski definition) is 1. The van der Waals surface area contributed by atoms with Gasteiger partial charge in [0.15, 0.2) is 0 Å². The van der Waals surface area contributed by atoms with Crippen LogP contribution >= 0.6 is 0 Å². The Morgan fingerprint density at radius 3 is 2.31 bits per heavy atom. The van der Waals surface area contributed by atoms with E-state index in [1.807, 2.05) is 0 Å². The van der Waals surface area contributed by atoms with E-state index in [-0.39, 0.29) is 0 Å². The largest absolute Gasteiger partial charge is 0.471 e. The van der Waals surface area contributed by atoms with E-state index in [9.17, 15) is 31.2 Å². The Balaban J connectivity index is 2.13. The molecular formula is C19H23F3N4O5S. The minimum Gasteiger partial charge on any atom is -0.442 e. The summed E-state index contributed by atoms with van der Waals surface area (Å²) in [6.07, 6.45) is -6.25. The third-order valence-corrected chi connectivity index (χ3v) is 7.37. The number of sulfonamides is 1. The summed E-state index contributed by atoms with van der Waals surface area (Å²) in [7, 11) is -3.21. The minimum absolute atomic E-state index is 0.330. The van der Waals surface area contributed by atoms with Crippen molar-refractivity contribution in [1.82, 2.24) is 14.5 Å². The van der Waals surface area contributed by atoms with Gasteiger partial charge in [-0.2, -0.15) is 13.2 Å². The number of benzene rings is 1. The highest BCUT2D eigenvalue weighted by molar-refractivity contribution is 7.90. The Kier molecular flexibility index (Phi) is 5.69. The van der Waals surface area contributed by atoms with Crippen LogP contribution in [0.5, 0.6) is 0 Å². The number of alkyl halides is 3. The van der Waals surface area contributed by atoms with E-state index in [1.165, 1.54) is 12.1 Å². The zero-order valence-electron chi connectivity index (χ0n) is 17.8. The maximum atomic E-state index is 13.3. The predicted octanol–water partition coefficient (Wildman–Crippen LogP) is 1.81. The first-order valence-electron chi connectivity index (χ1n) is 9.57. The number of amides is 2. The predicted molar refractivity (Wildman–Crippen MR) is 108 cm³/mol. The SMILES string of the molecule is CN1/C(=N/C(=O)OC(C)(C)C)NC2(c3ccccc3)CN(C(=O)C(F)(F)F)CC2S1(=O)=O. The molecular weight excluding hydrogens is 453 g/mol. The fourth-order valence-corrected chi connectivity index (χ4v) is 5.63. The van der Waals surface area contributed by atoms with Crippen LogP contribution in [0.15, 0.2) is 35.3 Å². The smallest absolute Gasteiger partial charge is 0.442 e. The highest BCUT2D eigenvalue weighted by atomic mass is 32.2. The normalized spacial score (nSPS) is 26.5. The van der Waals surface area contributed by atoms with Gasteiger partial charge in [0.05, 0.1) is 0 Å². The molecule has 1 aromatic rings. The van der Waals surface area contributed by atoms with Crippen molar-refractivity contribution in [2.24, 2.45) is 4.99 Å². The molecule has 1 aromatic carbocycles. The number of aliphatic imine (C=N–C) groups is 1. The maximum absolute atomic E-state index is 13.3. The molecule has 1 N–H and O–H groups in total. The van der Waals surface area contributed by atoms with Gasteiger partial charge in [-0.25, -0.2) is 17.5 Å². The number of carbonyl (C=O) groups is 2. The number of guanidine groups is 1. The number of carbonyl (C=O) groups excluding carboxylic acids is 2. The second kappa shape index (κ2) is 7.64. The number of fused-ring (bicyclic) bond motifs is 1. The molecule has 2 saturated heterocycles. The van der Waals surface area contributed by atoms with E-state index in [1.54, 1.807) is 39.0 Å². The van der Waals surface area contributed by atoms with E-state index in [0.717, 1.165) is 7.05 Å². The lowest BCUT2D eigenvalue weighted by Crippen LogP contribution is -2.67. The van der Waals surface area contributed by atoms with Gasteiger partial charge in [-0.15, -0.1) is 4.99 Å². The first-order chi connectivity index (χ1) is 14.6. The van der Waals surface area contributed by atoms with Crippen molar-refractivity contribution in [3.63, 3.8) is 0 Å². The molecule has 0 aromatic heterocycles. The third kappa shape index (κ3) is 4.25. The van der Waals surface area contributed by atoms with E-state index >= 15 is 0 Å². The number of likely N-dealkylation sites (tertiary alicyclic amines) is 1. The molecule has 2 heterocycles. The minimum atomic E-state index is -5.17. The van der Waals surface area contributed by atoms with Gasteiger partial charge < -0.3 is 15.0 Å². The lowest BCUT2D eigenvalue weighted by atomic mass is 9.88. The third-order valence-electron chi connectivity index (χ3n) is 5.16. The zero-order valence-corrected chi connectivity index (χ0v) is 18.6. The van der Waals surface area contributed by atoms with Gasteiger partial charge in [-0.1, -0.05) is 30.3 Å². The average Bonchev–Trinajstić information content (AvgIpc) is 3.06. The van der Waals surface area contributed by atoms with Gasteiger partial charge >= 0.3 is 18.2 Å². The van der Waals surface area contributed by atoms with Crippen molar-refractivity contribution in [2.45, 2.75) is 43.3 Å². The number of halogens is 3. The van der Waals surface area contributed by atoms with Crippen LogP contribution in [0.2, 0.25) is 0 Å². The molecule has 3 rings (SSSR count). The van der Waals surface area contributed by atoms with Gasteiger partial charge in [0.2, 0.25) is 16.0 Å². The molecule has 13 heteroatoms. The molecule has 9 nitrogen and oxygen atoms in total. The molecule has 0 spiro atoms. The van der Waals surface area contributed by atoms with Crippen LogP contribution in [-0.4, -0.2) is 72.7 Å². The van der Waals surface area contributed by atoms with E-state index in [0.29, 0.717) is 14.8 Å². The summed E-state index contributed by atoms with van der Waals surface area (Å²) < 4.78 is 71.8. The number of rotatable bonds is 1. The summed E-state index contributed by atoms with van der Waals surface area (Å²) in [6.45, 7) is 3.50. The summed E-state index contributed by atoms with van der Waals surface area (Å²) in [5.41, 5.74) is -2.24. The molecule has 0 aliphatic carbocycles. The van der Waals surface area contributed by atoms with Gasteiger partial charge in [0, 0.05) is 20.1 Å². The van der Waals surface area contributed by atoms with Gasteiger partial charge in [-0.3, -0.25) is 4.79 Å². The second-order valence-electron chi connectivity index (χ2n) is 8.56. The number of ether oxygens (including phenoxy) is 1. The van der Waals surface area contributed by atoms with Crippen LogP contribution in [0.1, 0.15) is 26.3 Å². The van der Waals surface area contributed by atoms with E-state index in [2.05, 4.69) is 10.3 Å². The van der Waals surface area contributed by atoms with Crippen LogP contribution in [-0.2, 0) is 25.1 Å². The van der Waals surface area contributed by atoms with Crippen LogP contribution in [0.25, 0.3) is 0 Å². The Hall–Kier alpha value is -2.83. The summed E-state index contributed by atoms with van der Waals surface area (Å²) in [6, 6.07) is 7.91. The molecule has 0 radical (unpaired) electrons. The molecule has 32 heavy (non-hydrogen) atoms. The molecule has 2 aliphatic heterocycles. The van der Waals surface area contributed by atoms with Crippen LogP contribution < -0.4 is 5.32 Å². The summed E-state index contributed by atoms with van der Waals surface area (Å²) in [5, 5.41) is 1.39. The fourth-order valence-electron chi connectivity index (χ4n) is 3.77. The van der Waals surface area contributed by atoms with Crippen molar-refractivity contribution in [1.29, 1.82) is 0 Å². The Morgan fingerprint density at radius 2 is 1.78 bits per heavy atom. The standard InChI is InChI=1S/C19H23F3N4O5S/c1-17(2,3)31-16(28)23-15-24-18(12-8-6-5-7-9-12)11-26(14(27)19(20,21)22)10-13(18)32(29,30)25(15)4/h5-9,13H,10-11H2,1-4H3,(H,23,24,28). The van der Waals surface area contributed by atoms with Gasteiger partial charge in [0.1, 0.15) is 16.4 Å². The van der Waals surface area contributed by atoms with Crippen molar-refractivity contribution >= 4 is 28.0 Å². The molecule has 2 atom stereocenters. The van der Waals surface area contributed by atoms with Crippen molar-refractivity contribution in [3.8, 4) is 0 Å². The van der Waals surface area contributed by atoms with Crippen LogP contribution in [0.4, 0.5) is 18.0 Å². The number of hydrogen-bond acceptors (Lipinski definition) is 5. The molecule has 2 aliphatic rings. The van der Waals surface area contributed by atoms with Gasteiger partial charge in [0.25, 0.3) is 0 Å². The fraction of sp³-hybridized carbons (Fsp3) is 0.526. The first-order valence-corrected chi connectivity index (χ1v) is 11.1. The Morgan fingerprint density at radius 1 is 1.19 bits per heavy atom. The van der Waals surface area contributed by atoms with E-state index in [4.69, 9.17) is 4.74 Å². The molecule has 2 fully saturated rings. The molecule has 176 valence electrons. The topological polar surface area (TPSA) is 108 Å².